The van der Waals surface area contributed by atoms with Gasteiger partial charge >= 0.3 is 0 Å². The lowest BCUT2D eigenvalue weighted by atomic mass is 10.1. The Labute approximate surface area is 216 Å². The van der Waals surface area contributed by atoms with Crippen molar-refractivity contribution in [2.24, 2.45) is 0 Å². The van der Waals surface area contributed by atoms with Gasteiger partial charge in [0.2, 0.25) is 5.91 Å². The highest BCUT2D eigenvalue weighted by Gasteiger charge is 2.17. The van der Waals surface area contributed by atoms with Crippen LogP contribution < -0.4 is 20.3 Å². The van der Waals surface area contributed by atoms with E-state index < -0.39 is 0 Å². The number of carbonyl (C=O) groups is 1. The fourth-order valence-corrected chi connectivity index (χ4v) is 4.02. The van der Waals surface area contributed by atoms with Crippen LogP contribution >= 0.6 is 0 Å². The zero-order chi connectivity index (χ0) is 26.5. The quantitative estimate of drug-likeness (QED) is 0.297. The number of fused-ring (bicyclic) bond motifs is 1. The van der Waals surface area contributed by atoms with Crippen LogP contribution in [0.3, 0.4) is 0 Å². The van der Waals surface area contributed by atoms with Gasteiger partial charge in [-0.15, -0.1) is 0 Å². The molecule has 0 unspecified atom stereocenters. The van der Waals surface area contributed by atoms with Crippen molar-refractivity contribution in [1.29, 1.82) is 0 Å². The Hall–Kier alpha value is -4.37. The molecule has 0 radical (unpaired) electrons. The molecule has 0 saturated carbocycles. The van der Waals surface area contributed by atoms with Crippen LogP contribution in [0.5, 0.6) is 5.75 Å². The van der Waals surface area contributed by atoms with Gasteiger partial charge in [0, 0.05) is 44.0 Å². The molecule has 0 aliphatic carbocycles. The maximum Gasteiger partial charge on any atom is 0.247 e. The second kappa shape index (κ2) is 11.1. The average Bonchev–Trinajstić information content (AvgIpc) is 3.30. The van der Waals surface area contributed by atoms with E-state index in [0.717, 1.165) is 35.4 Å². The SMILES string of the molecule is C=CC(=O)Nc1cc(Nc2cc3c(-c4cccc(F)c4)ccn3cn2)c(OC)cc1N(C)CCN(C)C. The minimum absolute atomic E-state index is 0.293. The number of nitrogens with zero attached hydrogens (tertiary/aromatic N) is 4. The number of likely N-dealkylation sites (N-methyl/N-ethyl adjacent to an activating group) is 2. The van der Waals surface area contributed by atoms with Gasteiger partial charge in [-0.2, -0.15) is 0 Å². The molecule has 0 bridgehead atoms. The largest absolute Gasteiger partial charge is 0.494 e. The van der Waals surface area contributed by atoms with Crippen LogP contribution in [0.1, 0.15) is 0 Å². The number of hydrogen-bond donors (Lipinski definition) is 2. The summed E-state index contributed by atoms with van der Waals surface area (Å²) in [4.78, 5) is 20.9. The van der Waals surface area contributed by atoms with Crippen LogP contribution in [0.2, 0.25) is 0 Å². The Kier molecular flexibility index (Phi) is 7.74. The number of carbonyl (C=O) groups excluding carboxylic acids is 1. The normalized spacial score (nSPS) is 11.0. The number of hydrogen-bond acceptors (Lipinski definition) is 6. The predicted octanol–water partition coefficient (Wildman–Crippen LogP) is 5.01. The average molecular weight is 503 g/mol. The predicted molar refractivity (Wildman–Crippen MR) is 148 cm³/mol. The van der Waals surface area contributed by atoms with E-state index in [9.17, 15) is 9.18 Å². The summed E-state index contributed by atoms with van der Waals surface area (Å²) in [5.41, 5.74) is 4.57. The van der Waals surface area contributed by atoms with Gasteiger partial charge in [-0.3, -0.25) is 4.79 Å². The van der Waals surface area contributed by atoms with Crippen LogP contribution in [0, 0.1) is 5.82 Å². The lowest BCUT2D eigenvalue weighted by Crippen LogP contribution is -2.29. The van der Waals surface area contributed by atoms with E-state index >= 15 is 0 Å². The molecule has 37 heavy (non-hydrogen) atoms. The van der Waals surface area contributed by atoms with Crippen molar-refractivity contribution in [3.8, 4) is 16.9 Å². The van der Waals surface area contributed by atoms with Gasteiger partial charge in [0.25, 0.3) is 0 Å². The molecule has 0 saturated heterocycles. The number of benzene rings is 2. The summed E-state index contributed by atoms with van der Waals surface area (Å²) in [6.45, 7) is 5.15. The number of anilines is 4. The van der Waals surface area contributed by atoms with Crippen molar-refractivity contribution >= 4 is 34.3 Å². The highest BCUT2D eigenvalue weighted by Crippen LogP contribution is 2.38. The van der Waals surface area contributed by atoms with Gasteiger partial charge < -0.3 is 29.6 Å². The third-order valence-electron chi connectivity index (χ3n) is 6.00. The molecule has 8 nitrogen and oxygen atoms in total. The third kappa shape index (κ3) is 5.90. The number of halogens is 1. The Balaban J connectivity index is 1.72. The van der Waals surface area contributed by atoms with Crippen LogP contribution in [-0.4, -0.2) is 61.5 Å². The Morgan fingerprint density at radius 2 is 1.95 bits per heavy atom. The first-order valence-corrected chi connectivity index (χ1v) is 11.8. The first-order chi connectivity index (χ1) is 17.8. The molecule has 2 aromatic carbocycles. The molecule has 0 aliphatic rings. The van der Waals surface area contributed by atoms with Gasteiger partial charge in [0.1, 0.15) is 23.7 Å². The highest BCUT2D eigenvalue weighted by atomic mass is 19.1. The van der Waals surface area contributed by atoms with Crippen LogP contribution in [0.15, 0.2) is 73.7 Å². The molecule has 192 valence electrons. The molecule has 9 heteroatoms. The lowest BCUT2D eigenvalue weighted by Gasteiger charge is -2.26. The first-order valence-electron chi connectivity index (χ1n) is 11.8. The summed E-state index contributed by atoms with van der Waals surface area (Å²) in [6, 6.07) is 14.0. The zero-order valence-electron chi connectivity index (χ0n) is 21.5. The summed E-state index contributed by atoms with van der Waals surface area (Å²) >= 11 is 0. The number of amides is 1. The van der Waals surface area contributed by atoms with Crippen molar-refractivity contribution in [3.05, 3.63) is 79.5 Å². The summed E-state index contributed by atoms with van der Waals surface area (Å²) < 4.78 is 21.4. The number of methoxy groups -OCH3 is 1. The molecule has 4 rings (SSSR count). The maximum atomic E-state index is 13.9. The fourth-order valence-electron chi connectivity index (χ4n) is 4.02. The molecule has 2 aromatic heterocycles. The minimum atomic E-state index is -0.314. The molecule has 2 N–H and O–H groups in total. The Morgan fingerprint density at radius 1 is 1.14 bits per heavy atom. The van der Waals surface area contributed by atoms with E-state index in [4.69, 9.17) is 4.74 Å². The Bertz CT molecular complexity index is 1430. The second-order valence-electron chi connectivity index (χ2n) is 8.92. The number of rotatable bonds is 10. The van der Waals surface area contributed by atoms with Crippen LogP contribution in [0.4, 0.5) is 27.3 Å². The van der Waals surface area contributed by atoms with Crippen molar-refractivity contribution in [1.82, 2.24) is 14.3 Å². The standard InChI is InChI=1S/C28H31FN6O2/c1-6-28(36)32-22-15-23(26(37-5)16-25(22)34(4)13-12-33(2)3)31-27-17-24-21(10-11-35(24)18-30-27)19-8-7-9-20(29)14-19/h6-11,14-18,31H,1,12-13H2,2-5H3,(H,32,36). The van der Waals surface area contributed by atoms with E-state index in [-0.39, 0.29) is 11.7 Å². The third-order valence-corrected chi connectivity index (χ3v) is 6.00. The maximum absolute atomic E-state index is 13.9. The molecule has 0 aliphatic heterocycles. The van der Waals surface area contributed by atoms with Crippen molar-refractivity contribution < 1.29 is 13.9 Å². The molecule has 4 aromatic rings. The van der Waals surface area contributed by atoms with Gasteiger partial charge in [0.15, 0.2) is 0 Å². The van der Waals surface area contributed by atoms with Crippen molar-refractivity contribution in [3.63, 3.8) is 0 Å². The van der Waals surface area contributed by atoms with Crippen molar-refractivity contribution in [2.75, 3.05) is 56.9 Å². The van der Waals surface area contributed by atoms with E-state index in [1.54, 1.807) is 19.5 Å². The number of ether oxygens (including phenoxy) is 1. The lowest BCUT2D eigenvalue weighted by molar-refractivity contribution is -0.111. The van der Waals surface area contributed by atoms with Gasteiger partial charge in [-0.1, -0.05) is 18.7 Å². The topological polar surface area (TPSA) is 74.1 Å². The highest BCUT2D eigenvalue weighted by molar-refractivity contribution is 6.02. The smallest absolute Gasteiger partial charge is 0.247 e. The molecule has 0 atom stereocenters. The monoisotopic (exact) mass is 502 g/mol. The van der Waals surface area contributed by atoms with Crippen molar-refractivity contribution in [2.45, 2.75) is 0 Å². The summed E-state index contributed by atoms with van der Waals surface area (Å²) in [6.07, 6.45) is 4.81. The van der Waals surface area contributed by atoms with E-state index in [1.807, 2.05) is 62.1 Å². The van der Waals surface area contributed by atoms with E-state index in [2.05, 4.69) is 32.0 Å². The van der Waals surface area contributed by atoms with E-state index in [1.165, 1.54) is 18.2 Å². The molecule has 2 heterocycles. The number of nitrogens with one attached hydrogen (secondary N) is 2. The van der Waals surface area contributed by atoms with Gasteiger partial charge in [0.05, 0.1) is 29.7 Å². The number of aromatic nitrogens is 2. The minimum Gasteiger partial charge on any atom is -0.494 e. The molecule has 0 fully saturated rings. The molecule has 1 amide bonds. The van der Waals surface area contributed by atoms with Gasteiger partial charge in [-0.25, -0.2) is 9.37 Å². The van der Waals surface area contributed by atoms with Gasteiger partial charge in [-0.05, 0) is 50.0 Å². The second-order valence-corrected chi connectivity index (χ2v) is 8.92. The molecular formula is C28H31FN6O2. The van der Waals surface area contributed by atoms with E-state index in [0.29, 0.717) is 22.9 Å². The molecular weight excluding hydrogens is 471 g/mol. The van der Waals surface area contributed by atoms with Crippen LogP contribution in [-0.2, 0) is 4.79 Å². The fraction of sp³-hybridized carbons (Fsp3) is 0.214. The summed E-state index contributed by atoms with van der Waals surface area (Å²) in [7, 11) is 7.58. The Morgan fingerprint density at radius 3 is 2.65 bits per heavy atom. The molecule has 0 spiro atoms. The zero-order valence-corrected chi connectivity index (χ0v) is 21.5. The first kappa shape index (κ1) is 25.7. The van der Waals surface area contributed by atoms with Crippen LogP contribution in [0.25, 0.3) is 16.6 Å². The summed E-state index contributed by atoms with van der Waals surface area (Å²) in [5.74, 6) is 0.548. The summed E-state index contributed by atoms with van der Waals surface area (Å²) in [5, 5.41) is 6.22.